The molecule has 0 aromatic heterocycles. The lowest BCUT2D eigenvalue weighted by Gasteiger charge is -2.44. The van der Waals surface area contributed by atoms with Gasteiger partial charge < -0.3 is 5.73 Å². The summed E-state index contributed by atoms with van der Waals surface area (Å²) >= 11 is 0. The second-order valence-corrected chi connectivity index (χ2v) is 6.45. The summed E-state index contributed by atoms with van der Waals surface area (Å²) in [4.78, 5) is 2.76. The van der Waals surface area contributed by atoms with E-state index in [1.165, 1.54) is 51.5 Å². The van der Waals surface area contributed by atoms with Crippen LogP contribution in [0, 0.1) is 11.8 Å². The van der Waals surface area contributed by atoms with Crippen LogP contribution in [0.2, 0.25) is 0 Å². The van der Waals surface area contributed by atoms with Gasteiger partial charge in [-0.3, -0.25) is 4.90 Å². The molecule has 2 fully saturated rings. The summed E-state index contributed by atoms with van der Waals surface area (Å²) in [5.41, 5.74) is 5.95. The van der Waals surface area contributed by atoms with E-state index in [0.29, 0.717) is 6.04 Å². The van der Waals surface area contributed by atoms with Crippen LogP contribution in [0.25, 0.3) is 0 Å². The number of rotatable bonds is 3. The van der Waals surface area contributed by atoms with Crippen LogP contribution in [-0.2, 0) is 0 Å². The van der Waals surface area contributed by atoms with Gasteiger partial charge in [-0.1, -0.05) is 33.1 Å². The van der Waals surface area contributed by atoms with Gasteiger partial charge in [0.2, 0.25) is 0 Å². The summed E-state index contributed by atoms with van der Waals surface area (Å²) in [6, 6.07) is 1.52. The van der Waals surface area contributed by atoms with Crippen molar-refractivity contribution in [2.45, 2.75) is 70.9 Å². The summed E-state index contributed by atoms with van der Waals surface area (Å²) in [6.07, 6.45) is 9.84. The predicted molar refractivity (Wildman–Crippen MR) is 74.0 cm³/mol. The van der Waals surface area contributed by atoms with E-state index >= 15 is 0 Å². The fourth-order valence-electron chi connectivity index (χ4n) is 3.86. The molecule has 17 heavy (non-hydrogen) atoms. The lowest BCUT2D eigenvalue weighted by Crippen LogP contribution is -2.51. The average molecular weight is 238 g/mol. The van der Waals surface area contributed by atoms with Crippen LogP contribution < -0.4 is 5.73 Å². The van der Waals surface area contributed by atoms with Crippen LogP contribution >= 0.6 is 0 Å². The highest BCUT2D eigenvalue weighted by molar-refractivity contribution is 4.87. The zero-order chi connectivity index (χ0) is 12.3. The van der Waals surface area contributed by atoms with Gasteiger partial charge in [-0.05, 0) is 44.1 Å². The molecule has 3 unspecified atom stereocenters. The minimum Gasteiger partial charge on any atom is -0.329 e. The fraction of sp³-hybridized carbons (Fsp3) is 1.00. The highest BCUT2D eigenvalue weighted by Crippen LogP contribution is 2.34. The Morgan fingerprint density at radius 3 is 2.65 bits per heavy atom. The Morgan fingerprint density at radius 2 is 1.94 bits per heavy atom. The van der Waals surface area contributed by atoms with Crippen LogP contribution in [0.15, 0.2) is 0 Å². The molecule has 100 valence electrons. The third-order valence-corrected chi connectivity index (χ3v) is 5.04. The molecule has 1 saturated heterocycles. The van der Waals surface area contributed by atoms with Gasteiger partial charge in [-0.15, -0.1) is 0 Å². The molecule has 1 aliphatic heterocycles. The van der Waals surface area contributed by atoms with Crippen molar-refractivity contribution >= 4 is 0 Å². The summed E-state index contributed by atoms with van der Waals surface area (Å²) in [5, 5.41) is 0. The molecule has 1 heterocycles. The van der Waals surface area contributed by atoms with Crippen molar-refractivity contribution in [3.8, 4) is 0 Å². The quantitative estimate of drug-likeness (QED) is 0.819. The molecule has 2 heteroatoms. The van der Waals surface area contributed by atoms with Crippen LogP contribution in [0.5, 0.6) is 0 Å². The first-order valence-corrected chi connectivity index (χ1v) is 7.68. The van der Waals surface area contributed by atoms with E-state index in [2.05, 4.69) is 18.7 Å². The van der Waals surface area contributed by atoms with Crippen LogP contribution in [0.4, 0.5) is 0 Å². The maximum atomic E-state index is 5.95. The molecular weight excluding hydrogens is 208 g/mol. The van der Waals surface area contributed by atoms with Gasteiger partial charge in [0, 0.05) is 18.6 Å². The van der Waals surface area contributed by atoms with Crippen molar-refractivity contribution in [3.63, 3.8) is 0 Å². The zero-order valence-corrected chi connectivity index (χ0v) is 11.7. The van der Waals surface area contributed by atoms with Crippen molar-refractivity contribution < 1.29 is 0 Å². The number of nitrogens with two attached hydrogens (primary N) is 1. The molecule has 3 atom stereocenters. The molecule has 2 aliphatic rings. The normalized spacial score (nSPS) is 36.4. The standard InChI is InChI=1S/C15H30N2/c1-12(2)13-6-5-8-14(10-13)17-9-4-3-7-15(17)11-16/h12-15H,3-11,16H2,1-2H3. The number of likely N-dealkylation sites (tertiary alicyclic amines) is 1. The van der Waals surface area contributed by atoms with E-state index in [0.717, 1.165) is 24.4 Å². The van der Waals surface area contributed by atoms with E-state index in [1.807, 2.05) is 0 Å². The van der Waals surface area contributed by atoms with Gasteiger partial charge in [0.05, 0.1) is 0 Å². The predicted octanol–water partition coefficient (Wildman–Crippen LogP) is 3.01. The van der Waals surface area contributed by atoms with E-state index in [4.69, 9.17) is 5.73 Å². The molecule has 0 amide bonds. The molecule has 0 bridgehead atoms. The van der Waals surface area contributed by atoms with Crippen molar-refractivity contribution in [1.82, 2.24) is 4.90 Å². The van der Waals surface area contributed by atoms with Crippen LogP contribution in [0.1, 0.15) is 58.8 Å². The summed E-state index contributed by atoms with van der Waals surface area (Å²) in [6.45, 7) is 6.95. The molecule has 1 aliphatic carbocycles. The first kappa shape index (κ1) is 13.4. The van der Waals surface area contributed by atoms with Crippen molar-refractivity contribution in [2.24, 2.45) is 17.6 Å². The van der Waals surface area contributed by atoms with Crippen LogP contribution in [0.3, 0.4) is 0 Å². The van der Waals surface area contributed by atoms with Gasteiger partial charge in [-0.2, -0.15) is 0 Å². The highest BCUT2D eigenvalue weighted by atomic mass is 15.2. The van der Waals surface area contributed by atoms with E-state index in [9.17, 15) is 0 Å². The molecular formula is C15H30N2. The van der Waals surface area contributed by atoms with Gasteiger partial charge in [0.25, 0.3) is 0 Å². The van der Waals surface area contributed by atoms with Crippen molar-refractivity contribution in [2.75, 3.05) is 13.1 Å². The van der Waals surface area contributed by atoms with Crippen LogP contribution in [-0.4, -0.2) is 30.1 Å². The van der Waals surface area contributed by atoms with Gasteiger partial charge >= 0.3 is 0 Å². The first-order chi connectivity index (χ1) is 8.22. The summed E-state index contributed by atoms with van der Waals surface area (Å²) in [7, 11) is 0. The minimum absolute atomic E-state index is 0.680. The summed E-state index contributed by atoms with van der Waals surface area (Å²) < 4.78 is 0. The topological polar surface area (TPSA) is 29.3 Å². The van der Waals surface area contributed by atoms with E-state index in [-0.39, 0.29) is 0 Å². The molecule has 0 spiro atoms. The third-order valence-electron chi connectivity index (χ3n) is 5.04. The molecule has 0 aromatic rings. The number of piperidine rings is 1. The van der Waals surface area contributed by atoms with E-state index in [1.54, 1.807) is 0 Å². The fourth-order valence-corrected chi connectivity index (χ4v) is 3.86. The van der Waals surface area contributed by atoms with Crippen molar-refractivity contribution in [3.05, 3.63) is 0 Å². The first-order valence-electron chi connectivity index (χ1n) is 7.68. The van der Waals surface area contributed by atoms with Gasteiger partial charge in [0.1, 0.15) is 0 Å². The van der Waals surface area contributed by atoms with Gasteiger partial charge in [0.15, 0.2) is 0 Å². The Balaban J connectivity index is 1.95. The smallest absolute Gasteiger partial charge is 0.0221 e. The Labute approximate surface area is 107 Å². The molecule has 0 radical (unpaired) electrons. The third kappa shape index (κ3) is 3.23. The molecule has 2 nitrogen and oxygen atoms in total. The Hall–Kier alpha value is -0.0800. The maximum absolute atomic E-state index is 5.95. The Kier molecular flexibility index (Phi) is 4.87. The molecule has 1 saturated carbocycles. The SMILES string of the molecule is CC(C)C1CCCC(N2CCCCC2CN)C1. The average Bonchev–Trinajstić information content (AvgIpc) is 2.39. The van der Waals surface area contributed by atoms with Gasteiger partial charge in [-0.25, -0.2) is 0 Å². The molecule has 0 aromatic carbocycles. The second kappa shape index (κ2) is 6.19. The Bertz CT molecular complexity index is 227. The summed E-state index contributed by atoms with van der Waals surface area (Å²) in [5.74, 6) is 1.81. The lowest BCUT2D eigenvalue weighted by molar-refractivity contribution is 0.0540. The molecule has 2 rings (SSSR count). The number of hydrogen-bond acceptors (Lipinski definition) is 2. The maximum Gasteiger partial charge on any atom is 0.0221 e. The lowest BCUT2D eigenvalue weighted by atomic mass is 9.78. The Morgan fingerprint density at radius 1 is 1.12 bits per heavy atom. The molecule has 2 N–H and O–H groups in total. The number of nitrogens with zero attached hydrogens (tertiary/aromatic N) is 1. The largest absolute Gasteiger partial charge is 0.329 e. The number of hydrogen-bond donors (Lipinski definition) is 1. The monoisotopic (exact) mass is 238 g/mol. The minimum atomic E-state index is 0.680. The van der Waals surface area contributed by atoms with E-state index < -0.39 is 0 Å². The highest BCUT2D eigenvalue weighted by Gasteiger charge is 2.32. The second-order valence-electron chi connectivity index (χ2n) is 6.45. The zero-order valence-electron chi connectivity index (χ0n) is 11.7. The van der Waals surface area contributed by atoms with Crippen molar-refractivity contribution in [1.29, 1.82) is 0 Å².